The van der Waals surface area contributed by atoms with E-state index in [2.05, 4.69) is 15.1 Å². The number of hydrogen-bond donors (Lipinski definition) is 2. The van der Waals surface area contributed by atoms with Crippen LogP contribution in [0.1, 0.15) is 11.1 Å². The van der Waals surface area contributed by atoms with Crippen molar-refractivity contribution in [1.82, 2.24) is 19.7 Å². The minimum absolute atomic E-state index is 0.370. The minimum Gasteiger partial charge on any atom is -0.383 e. The molecule has 0 bridgehead atoms. The number of quaternary nitrogens is 1. The van der Waals surface area contributed by atoms with E-state index in [1.807, 2.05) is 36.9 Å². The number of ether oxygens (including phenoxy) is 1. The third kappa shape index (κ3) is 3.96. The van der Waals surface area contributed by atoms with Crippen molar-refractivity contribution < 1.29 is 10.1 Å². The van der Waals surface area contributed by atoms with Crippen molar-refractivity contribution in [3.8, 4) is 0 Å². The van der Waals surface area contributed by atoms with E-state index in [0.717, 1.165) is 22.2 Å². The van der Waals surface area contributed by atoms with E-state index >= 15 is 0 Å². The normalized spacial score (nSPS) is 11.9. The van der Waals surface area contributed by atoms with E-state index in [0.29, 0.717) is 29.5 Å². The molecular weight excluding hydrogens is 352 g/mol. The number of nitrogens with two attached hydrogens (primary N) is 1. The molecule has 0 aliphatic carbocycles. The van der Waals surface area contributed by atoms with E-state index in [1.54, 1.807) is 30.3 Å². The number of halogens is 1. The largest absolute Gasteiger partial charge is 0.383 e. The number of pyridine rings is 2. The molecule has 3 N–H and O–H groups in total. The van der Waals surface area contributed by atoms with Crippen LogP contribution >= 0.6 is 11.6 Å². The third-order valence-corrected chi connectivity index (χ3v) is 4.07. The molecule has 0 atom stereocenters. The zero-order valence-corrected chi connectivity index (χ0v) is 15.4. The maximum absolute atomic E-state index is 8.62. The van der Waals surface area contributed by atoms with E-state index in [-0.39, 0.29) is 0 Å². The lowest BCUT2D eigenvalue weighted by Crippen LogP contribution is -2.73. The van der Waals surface area contributed by atoms with Gasteiger partial charge in [0.25, 0.3) is 0 Å². The molecule has 0 saturated carbocycles. The Hall–Kier alpha value is -2.61. The second-order valence-electron chi connectivity index (χ2n) is 5.67. The molecule has 0 radical (unpaired) electrons. The summed E-state index contributed by atoms with van der Waals surface area (Å²) in [4.78, 5) is 8.75. The van der Waals surface area contributed by atoms with Crippen molar-refractivity contribution in [3.05, 3.63) is 59.3 Å². The fourth-order valence-electron chi connectivity index (χ4n) is 2.57. The molecule has 8 heteroatoms. The molecule has 0 unspecified atom stereocenters. The zero-order valence-electron chi connectivity index (χ0n) is 14.6. The van der Waals surface area contributed by atoms with Crippen molar-refractivity contribution in [2.24, 2.45) is 0 Å². The van der Waals surface area contributed by atoms with Gasteiger partial charge in [0.2, 0.25) is 0 Å². The Balaban J connectivity index is 1.95. The predicted octanol–water partition coefficient (Wildman–Crippen LogP) is 1.73. The van der Waals surface area contributed by atoms with Gasteiger partial charge in [0.1, 0.15) is 11.4 Å². The Kier molecular flexibility index (Phi) is 5.72. The molecular formula is C18H20ClN6O+. The summed E-state index contributed by atoms with van der Waals surface area (Å²) in [5.41, 5.74) is 4.11. The first kappa shape index (κ1) is 18.2. The maximum Gasteiger partial charge on any atom is 0.129 e. The number of fused-ring (bicyclic) bond motifs is 1. The summed E-state index contributed by atoms with van der Waals surface area (Å²) < 4.78 is 6.83. The maximum atomic E-state index is 8.62. The van der Waals surface area contributed by atoms with E-state index in [4.69, 9.17) is 21.7 Å². The highest BCUT2D eigenvalue weighted by atomic mass is 35.5. The van der Waals surface area contributed by atoms with Gasteiger partial charge in [0.15, 0.2) is 0 Å². The quantitative estimate of drug-likeness (QED) is 0.488. The number of aromatic nitrogens is 4. The molecule has 26 heavy (non-hydrogen) atoms. The molecule has 7 nitrogen and oxygen atoms in total. The van der Waals surface area contributed by atoms with Crippen molar-refractivity contribution in [1.29, 1.82) is 5.41 Å². The van der Waals surface area contributed by atoms with Crippen LogP contribution in [0.2, 0.25) is 5.15 Å². The van der Waals surface area contributed by atoms with E-state index < -0.39 is 0 Å². The van der Waals surface area contributed by atoms with Crippen molar-refractivity contribution >= 4 is 33.9 Å². The monoisotopic (exact) mass is 371 g/mol. The minimum atomic E-state index is 0.370. The summed E-state index contributed by atoms with van der Waals surface area (Å²) in [6, 6.07) is 5.44. The molecule has 0 aliphatic heterocycles. The van der Waals surface area contributed by atoms with Gasteiger partial charge < -0.3 is 10.1 Å². The van der Waals surface area contributed by atoms with Gasteiger partial charge in [-0.3, -0.25) is 15.1 Å². The van der Waals surface area contributed by atoms with Crippen LogP contribution in [0.25, 0.3) is 16.6 Å². The number of nitrogens with zero attached hydrogens (tertiary/aromatic N) is 4. The first-order valence-electron chi connectivity index (χ1n) is 8.15. The van der Waals surface area contributed by atoms with E-state index in [9.17, 15) is 0 Å². The fraction of sp³-hybridized carbons (Fsp3) is 0.222. The Morgan fingerprint density at radius 3 is 2.92 bits per heavy atom. The van der Waals surface area contributed by atoms with Crippen LogP contribution < -0.4 is 5.32 Å². The van der Waals surface area contributed by atoms with Gasteiger partial charge >= 0.3 is 0 Å². The average molecular weight is 372 g/mol. The molecule has 3 aromatic rings. The van der Waals surface area contributed by atoms with Crippen LogP contribution in [0, 0.1) is 5.41 Å². The molecule has 134 valence electrons. The lowest BCUT2D eigenvalue weighted by molar-refractivity contribution is -0.555. The lowest BCUT2D eigenvalue weighted by Gasteiger charge is -2.08. The molecule has 0 amide bonds. The number of nitrogens with one attached hydrogen (secondary N) is 1. The number of allylic oxidation sites excluding steroid dienone is 1. The molecule has 0 spiro atoms. The van der Waals surface area contributed by atoms with E-state index in [1.165, 1.54) is 0 Å². The average Bonchev–Trinajstić information content (AvgIpc) is 3.12. The van der Waals surface area contributed by atoms with Gasteiger partial charge in [0.05, 0.1) is 48.7 Å². The summed E-state index contributed by atoms with van der Waals surface area (Å²) in [5.74, 6) is 0. The first-order valence-corrected chi connectivity index (χ1v) is 8.53. The molecule has 0 fully saturated rings. The fourth-order valence-corrected chi connectivity index (χ4v) is 2.73. The second kappa shape index (κ2) is 8.18. The molecule has 0 aliphatic rings. The summed E-state index contributed by atoms with van der Waals surface area (Å²) in [6.45, 7) is 1.21. The second-order valence-corrected chi connectivity index (χ2v) is 6.06. The standard InChI is InChI=1S/C18H19ClN6O/c1-21-10-14(18(20)13-9-23-25(11-13)5-6-26-2)12-7-16-15(22-8-12)3-4-17(19)24-16/h3-4,7-11,20-21H,5-6H2,1-2H3/p+1/b14-10-,20-18?. The highest BCUT2D eigenvalue weighted by Gasteiger charge is 2.15. The van der Waals surface area contributed by atoms with Crippen LogP contribution in [0.4, 0.5) is 0 Å². The lowest BCUT2D eigenvalue weighted by atomic mass is 9.99. The number of hydrogen-bond acceptors (Lipinski definition) is 5. The van der Waals surface area contributed by atoms with Gasteiger partial charge in [-0.1, -0.05) is 11.6 Å². The Morgan fingerprint density at radius 2 is 2.15 bits per heavy atom. The first-order chi connectivity index (χ1) is 12.6. The van der Waals surface area contributed by atoms with Crippen molar-refractivity contribution in [2.75, 3.05) is 20.8 Å². The van der Waals surface area contributed by atoms with Gasteiger partial charge in [0, 0.05) is 30.6 Å². The molecule has 3 rings (SSSR count). The molecule has 3 heterocycles. The van der Waals surface area contributed by atoms with Crippen LogP contribution in [0.3, 0.4) is 0 Å². The highest BCUT2D eigenvalue weighted by molar-refractivity contribution is 6.30. The molecule has 0 aromatic carbocycles. The van der Waals surface area contributed by atoms with Crippen LogP contribution in [-0.4, -0.2) is 46.2 Å². The summed E-state index contributed by atoms with van der Waals surface area (Å²) >= 11 is 5.99. The summed E-state index contributed by atoms with van der Waals surface area (Å²) in [7, 11) is 3.57. The predicted molar refractivity (Wildman–Crippen MR) is 101 cm³/mol. The van der Waals surface area contributed by atoms with Crippen LogP contribution in [0.15, 0.2) is 43.0 Å². The van der Waals surface area contributed by atoms with Gasteiger partial charge in [-0.15, -0.1) is 0 Å². The Morgan fingerprint density at radius 1 is 1.31 bits per heavy atom. The number of methoxy groups -OCH3 is 1. The zero-order chi connectivity index (χ0) is 18.5. The SMILES string of the molecule is C[NH2+]/C=C(\C(=N)c1cnn(CCOC)c1)c1cnc2ccc(Cl)nc2c1. The van der Waals surface area contributed by atoms with Crippen LogP contribution in [0.5, 0.6) is 0 Å². The van der Waals surface area contributed by atoms with Crippen molar-refractivity contribution in [2.45, 2.75) is 6.54 Å². The van der Waals surface area contributed by atoms with Crippen molar-refractivity contribution in [3.63, 3.8) is 0 Å². The Labute approximate surface area is 156 Å². The van der Waals surface area contributed by atoms with Gasteiger partial charge in [-0.25, -0.2) is 4.98 Å². The molecule has 3 aromatic heterocycles. The van der Waals surface area contributed by atoms with Gasteiger partial charge in [-0.05, 0) is 18.2 Å². The highest BCUT2D eigenvalue weighted by Crippen LogP contribution is 2.22. The third-order valence-electron chi connectivity index (χ3n) is 3.86. The number of rotatable bonds is 7. The topological polar surface area (TPSA) is 93.3 Å². The summed E-state index contributed by atoms with van der Waals surface area (Å²) in [6.07, 6.45) is 7.17. The Bertz CT molecular complexity index is 965. The molecule has 0 saturated heterocycles. The van der Waals surface area contributed by atoms with Gasteiger partial charge in [-0.2, -0.15) is 5.10 Å². The smallest absolute Gasteiger partial charge is 0.129 e. The summed E-state index contributed by atoms with van der Waals surface area (Å²) in [5, 5.41) is 15.2. The van der Waals surface area contributed by atoms with Crippen LogP contribution in [-0.2, 0) is 11.3 Å².